The van der Waals surface area contributed by atoms with Crippen molar-refractivity contribution in [3.63, 3.8) is 0 Å². The van der Waals surface area contributed by atoms with Crippen LogP contribution in [0.5, 0.6) is 0 Å². The molecule has 0 spiro atoms. The van der Waals surface area contributed by atoms with Crippen LogP contribution in [0, 0.1) is 5.92 Å². The van der Waals surface area contributed by atoms with Crippen LogP contribution < -0.4 is 5.73 Å². The van der Waals surface area contributed by atoms with Gasteiger partial charge in [0.1, 0.15) is 0 Å². The molecule has 1 unspecified atom stereocenters. The smallest absolute Gasteiger partial charge is 0.240 e. The van der Waals surface area contributed by atoms with E-state index >= 15 is 0 Å². The Morgan fingerprint density at radius 3 is 2.60 bits per heavy atom. The normalized spacial score (nSPS) is 22.2. The first-order valence-electron chi connectivity index (χ1n) is 5.89. The van der Waals surface area contributed by atoms with Crippen LogP contribution in [0.4, 0.5) is 0 Å². The fourth-order valence-corrected chi connectivity index (χ4v) is 1.88. The lowest BCUT2D eigenvalue weighted by Crippen LogP contribution is -2.45. The van der Waals surface area contributed by atoms with Crippen molar-refractivity contribution < 1.29 is 4.79 Å². The van der Waals surface area contributed by atoms with Crippen molar-refractivity contribution in [2.75, 3.05) is 6.54 Å². The van der Waals surface area contributed by atoms with Crippen LogP contribution in [-0.2, 0) is 4.79 Å². The van der Waals surface area contributed by atoms with Gasteiger partial charge in [0.25, 0.3) is 0 Å². The number of hydrogen-bond donors (Lipinski definition) is 1. The van der Waals surface area contributed by atoms with E-state index in [9.17, 15) is 4.79 Å². The first-order valence-corrected chi connectivity index (χ1v) is 5.89. The average molecular weight is 208 g/mol. The molecule has 0 saturated heterocycles. The Morgan fingerprint density at radius 2 is 2.13 bits per heavy atom. The molecule has 2 N–H and O–H groups in total. The summed E-state index contributed by atoms with van der Waals surface area (Å²) in [5.74, 6) is 0.884. The Balaban J connectivity index is 1.89. The largest absolute Gasteiger partial charge is 0.338 e. The summed E-state index contributed by atoms with van der Waals surface area (Å²) in [5.41, 5.74) is 5.83. The Hall–Kier alpha value is -0.830. The summed E-state index contributed by atoms with van der Waals surface area (Å²) in [4.78, 5) is 14.1. The summed E-state index contributed by atoms with van der Waals surface area (Å²) >= 11 is 0. The van der Waals surface area contributed by atoms with Gasteiger partial charge in [-0.2, -0.15) is 0 Å². The van der Waals surface area contributed by atoms with E-state index in [4.69, 9.17) is 5.73 Å². The van der Waals surface area contributed by atoms with Crippen LogP contribution in [-0.4, -0.2) is 29.4 Å². The number of hydrogen-bond acceptors (Lipinski definition) is 2. The minimum Gasteiger partial charge on any atom is -0.338 e. The van der Waals surface area contributed by atoms with E-state index in [2.05, 4.69) is 6.58 Å². The van der Waals surface area contributed by atoms with Crippen molar-refractivity contribution >= 4 is 5.91 Å². The van der Waals surface area contributed by atoms with Crippen molar-refractivity contribution in [3.05, 3.63) is 12.7 Å². The second-order valence-electron chi connectivity index (χ2n) is 4.80. The molecule has 2 aliphatic carbocycles. The van der Waals surface area contributed by atoms with Gasteiger partial charge in [-0.15, -0.1) is 6.58 Å². The summed E-state index contributed by atoms with van der Waals surface area (Å²) in [5, 5.41) is 0. The van der Waals surface area contributed by atoms with Gasteiger partial charge in [0, 0.05) is 12.6 Å². The highest BCUT2D eigenvalue weighted by Gasteiger charge is 2.37. The monoisotopic (exact) mass is 208 g/mol. The molecule has 3 heteroatoms. The molecular weight excluding hydrogens is 188 g/mol. The van der Waals surface area contributed by atoms with Gasteiger partial charge >= 0.3 is 0 Å². The molecule has 0 heterocycles. The third kappa shape index (κ3) is 2.81. The average Bonchev–Trinajstić information content (AvgIpc) is 3.04. The van der Waals surface area contributed by atoms with E-state index in [1.54, 1.807) is 6.08 Å². The predicted octanol–water partition coefficient (Wildman–Crippen LogP) is 1.29. The van der Waals surface area contributed by atoms with Crippen molar-refractivity contribution in [1.29, 1.82) is 0 Å². The third-order valence-electron chi connectivity index (χ3n) is 3.16. The van der Waals surface area contributed by atoms with Crippen LogP contribution >= 0.6 is 0 Å². The van der Waals surface area contributed by atoms with Crippen molar-refractivity contribution in [1.82, 2.24) is 4.90 Å². The van der Waals surface area contributed by atoms with E-state index in [0.29, 0.717) is 12.5 Å². The Morgan fingerprint density at radius 1 is 1.47 bits per heavy atom. The maximum Gasteiger partial charge on any atom is 0.240 e. The van der Waals surface area contributed by atoms with Crippen LogP contribution in [0.2, 0.25) is 0 Å². The van der Waals surface area contributed by atoms with Crippen LogP contribution in [0.15, 0.2) is 12.7 Å². The number of nitrogens with zero attached hydrogens (tertiary/aromatic N) is 1. The first kappa shape index (κ1) is 10.7. The third-order valence-corrected chi connectivity index (χ3v) is 3.16. The van der Waals surface area contributed by atoms with Gasteiger partial charge < -0.3 is 10.6 Å². The van der Waals surface area contributed by atoms with E-state index in [-0.39, 0.29) is 11.9 Å². The van der Waals surface area contributed by atoms with Crippen LogP contribution in [0.3, 0.4) is 0 Å². The molecule has 1 amide bonds. The summed E-state index contributed by atoms with van der Waals surface area (Å²) in [6, 6.07) is 0.121. The zero-order valence-electron chi connectivity index (χ0n) is 9.19. The Labute approximate surface area is 91.3 Å². The number of rotatable bonds is 6. The molecule has 0 aliphatic heterocycles. The lowest BCUT2D eigenvalue weighted by molar-refractivity contribution is -0.133. The number of carbonyl (C=O) groups is 1. The fraction of sp³-hybridized carbons (Fsp3) is 0.750. The van der Waals surface area contributed by atoms with E-state index < -0.39 is 0 Å². The van der Waals surface area contributed by atoms with Gasteiger partial charge in [0.05, 0.1) is 6.04 Å². The quantitative estimate of drug-likeness (QED) is 0.669. The molecular formula is C12H20N2O. The molecule has 0 radical (unpaired) electrons. The summed E-state index contributed by atoms with van der Waals surface area (Å²) in [6.07, 6.45) is 7.22. The van der Waals surface area contributed by atoms with Crippen molar-refractivity contribution in [3.8, 4) is 0 Å². The second-order valence-corrected chi connectivity index (χ2v) is 4.80. The lowest BCUT2D eigenvalue weighted by atomic mass is 10.2. The molecule has 2 rings (SSSR count). The maximum atomic E-state index is 12.0. The Kier molecular flexibility index (Phi) is 3.10. The second kappa shape index (κ2) is 4.35. The summed E-state index contributed by atoms with van der Waals surface area (Å²) in [7, 11) is 0. The van der Waals surface area contributed by atoms with Gasteiger partial charge in [-0.25, -0.2) is 0 Å². The number of carbonyl (C=O) groups excluding carboxylic acids is 1. The molecule has 1 atom stereocenters. The zero-order valence-corrected chi connectivity index (χ0v) is 9.19. The number of nitrogens with two attached hydrogens (primary N) is 1. The van der Waals surface area contributed by atoms with E-state index in [1.165, 1.54) is 25.7 Å². The van der Waals surface area contributed by atoms with Crippen molar-refractivity contribution in [2.45, 2.75) is 44.2 Å². The lowest BCUT2D eigenvalue weighted by Gasteiger charge is -2.25. The Bertz CT molecular complexity index is 256. The molecule has 0 aromatic carbocycles. The SMILES string of the molecule is C=CCC(N)C(=O)N(CC1CC1)C1CC1. The minimum atomic E-state index is -0.373. The molecule has 0 aromatic rings. The highest BCUT2D eigenvalue weighted by Crippen LogP contribution is 2.35. The molecule has 0 aromatic heterocycles. The van der Waals surface area contributed by atoms with Crippen molar-refractivity contribution in [2.24, 2.45) is 11.7 Å². The van der Waals surface area contributed by atoms with Gasteiger partial charge in [0.2, 0.25) is 5.91 Å². The topological polar surface area (TPSA) is 46.3 Å². The number of amides is 1. The molecule has 0 bridgehead atoms. The van der Waals surface area contributed by atoms with Crippen LogP contribution in [0.1, 0.15) is 32.1 Å². The predicted molar refractivity (Wildman–Crippen MR) is 60.2 cm³/mol. The molecule has 2 fully saturated rings. The van der Waals surface area contributed by atoms with E-state index in [1.807, 2.05) is 4.90 Å². The van der Waals surface area contributed by atoms with Gasteiger partial charge in [-0.05, 0) is 38.0 Å². The first-order chi connectivity index (χ1) is 7.22. The highest BCUT2D eigenvalue weighted by molar-refractivity contribution is 5.82. The molecule has 2 aliphatic rings. The zero-order chi connectivity index (χ0) is 10.8. The van der Waals surface area contributed by atoms with Crippen LogP contribution in [0.25, 0.3) is 0 Å². The van der Waals surface area contributed by atoms with E-state index in [0.717, 1.165) is 12.5 Å². The maximum absolute atomic E-state index is 12.0. The minimum absolute atomic E-state index is 0.129. The van der Waals surface area contributed by atoms with Gasteiger partial charge in [-0.1, -0.05) is 6.08 Å². The highest BCUT2D eigenvalue weighted by atomic mass is 16.2. The molecule has 2 saturated carbocycles. The summed E-state index contributed by atoms with van der Waals surface area (Å²) in [6.45, 7) is 4.56. The van der Waals surface area contributed by atoms with Gasteiger partial charge in [0.15, 0.2) is 0 Å². The summed E-state index contributed by atoms with van der Waals surface area (Å²) < 4.78 is 0. The standard InChI is InChI=1S/C12H20N2O/c1-2-3-11(13)12(15)14(10-6-7-10)8-9-4-5-9/h2,9-11H,1,3-8,13H2. The molecule has 3 nitrogen and oxygen atoms in total. The molecule has 15 heavy (non-hydrogen) atoms. The molecule has 84 valence electrons. The van der Waals surface area contributed by atoms with Gasteiger partial charge in [-0.3, -0.25) is 4.79 Å². The fourth-order valence-electron chi connectivity index (χ4n) is 1.88.